The van der Waals surface area contributed by atoms with Crippen LogP contribution in [-0.4, -0.2) is 65.4 Å². The number of anilines is 5. The summed E-state index contributed by atoms with van der Waals surface area (Å²) < 4.78 is 104. The first-order chi connectivity index (χ1) is 25.0. The minimum atomic E-state index is -5.05. The van der Waals surface area contributed by atoms with E-state index in [-0.39, 0.29) is 63.3 Å². The first kappa shape index (κ1) is 38.1. The van der Waals surface area contributed by atoms with E-state index in [2.05, 4.69) is 25.6 Å². The second kappa shape index (κ2) is 13.3. The number of hydrogen-bond donors (Lipinski definition) is 6. The second-order valence-corrected chi connectivity index (χ2v) is 17.3. The van der Waals surface area contributed by atoms with Gasteiger partial charge in [-0.25, -0.2) is 4.98 Å². The van der Waals surface area contributed by atoms with Gasteiger partial charge in [0.15, 0.2) is 11.6 Å². The highest BCUT2D eigenvalue weighted by Crippen LogP contribution is 2.40. The number of nitrogen functional groups attached to an aromatic ring is 1. The van der Waals surface area contributed by atoms with Gasteiger partial charge in [-0.15, -0.1) is 0 Å². The Morgan fingerprint density at radius 3 is 1.81 bits per heavy atom. The van der Waals surface area contributed by atoms with Crippen molar-refractivity contribution in [3.63, 3.8) is 0 Å². The number of rotatable bonds is 9. The molecule has 1 aromatic heterocycles. The summed E-state index contributed by atoms with van der Waals surface area (Å²) in [4.78, 5) is 38.4. The monoisotopic (exact) mass is 794 g/mol. The standard InChI is InChI=1S/C34H30N6O11S3/c1-34(2,3)32-38-26(39-33(40-32)37-21-10-6-7-11-23(21)52(43,44)45)14-17-12-13-18(15-24(17)53(46,47)48)36-22-16-25(54(49,50)51)29(35)28-27(22)30(41)19-8-4-5-9-20(19)31(28)42/h4-13,15-16,36H,14,35H2,1-3H3,(H,43,44,45)(H,46,47,48)(H,49,50,51)(H,37,38,39,40). The van der Waals surface area contributed by atoms with Gasteiger partial charge in [-0.2, -0.15) is 35.2 Å². The molecule has 4 aromatic carbocycles. The highest BCUT2D eigenvalue weighted by Gasteiger charge is 2.36. The first-order valence-corrected chi connectivity index (χ1v) is 19.9. The molecule has 6 rings (SSSR count). The Hall–Kier alpha value is -5.64. The van der Waals surface area contributed by atoms with Crippen LogP contribution in [-0.2, 0) is 42.2 Å². The van der Waals surface area contributed by atoms with E-state index in [4.69, 9.17) is 5.73 Å². The molecule has 280 valence electrons. The SMILES string of the molecule is CC(C)(C)c1nc(Cc2ccc(Nc3cc(S(=O)(=O)O)c(N)c4c3C(=O)c3ccccc3C4=O)cc2S(=O)(=O)O)nc(Nc2ccccc2S(=O)(=O)O)n1. The molecular formula is C34H30N6O11S3. The number of aromatic nitrogens is 3. The van der Waals surface area contributed by atoms with Crippen molar-refractivity contribution >= 4 is 70.6 Å². The average Bonchev–Trinajstić information content (AvgIpc) is 3.06. The van der Waals surface area contributed by atoms with Crippen molar-refractivity contribution in [1.29, 1.82) is 0 Å². The summed E-state index contributed by atoms with van der Waals surface area (Å²) in [5.41, 5.74) is 3.29. The molecular weight excluding hydrogens is 765 g/mol. The number of carbonyl (C=O) groups is 2. The zero-order chi connectivity index (χ0) is 39.5. The minimum Gasteiger partial charge on any atom is -0.397 e. The summed E-state index contributed by atoms with van der Waals surface area (Å²) in [5, 5.41) is 5.50. The molecule has 7 N–H and O–H groups in total. The fraction of sp³-hybridized carbons (Fsp3) is 0.147. The molecule has 0 saturated carbocycles. The number of carbonyl (C=O) groups excluding carboxylic acids is 2. The quantitative estimate of drug-likeness (QED) is 0.0876. The fourth-order valence-electron chi connectivity index (χ4n) is 5.76. The summed E-state index contributed by atoms with van der Waals surface area (Å²) in [5.74, 6) is -1.44. The van der Waals surface area contributed by atoms with E-state index in [0.717, 1.165) is 18.2 Å². The van der Waals surface area contributed by atoms with Gasteiger partial charge in [-0.05, 0) is 35.9 Å². The minimum absolute atomic E-state index is 0.00617. The van der Waals surface area contributed by atoms with Gasteiger partial charge in [0.2, 0.25) is 5.95 Å². The molecule has 1 aliphatic rings. The summed E-state index contributed by atoms with van der Waals surface area (Å²) in [6, 6.07) is 15.6. The summed E-state index contributed by atoms with van der Waals surface area (Å²) in [7, 11) is -14.7. The Bertz CT molecular complexity index is 2770. The Morgan fingerprint density at radius 1 is 0.648 bits per heavy atom. The van der Waals surface area contributed by atoms with Crippen molar-refractivity contribution in [3.05, 3.63) is 112 Å². The average molecular weight is 795 g/mol. The summed E-state index contributed by atoms with van der Waals surface area (Å²) >= 11 is 0. The Labute approximate surface area is 309 Å². The largest absolute Gasteiger partial charge is 0.397 e. The maximum absolute atomic E-state index is 13.7. The van der Waals surface area contributed by atoms with Gasteiger partial charge in [0.25, 0.3) is 30.4 Å². The van der Waals surface area contributed by atoms with Gasteiger partial charge < -0.3 is 16.4 Å². The molecule has 0 atom stereocenters. The summed E-state index contributed by atoms with van der Waals surface area (Å²) in [6.07, 6.45) is -0.330. The van der Waals surface area contributed by atoms with Crippen molar-refractivity contribution in [2.75, 3.05) is 16.4 Å². The number of benzene rings is 4. The van der Waals surface area contributed by atoms with Crippen molar-refractivity contribution in [1.82, 2.24) is 15.0 Å². The maximum Gasteiger partial charge on any atom is 0.296 e. The van der Waals surface area contributed by atoms with Crippen molar-refractivity contribution in [3.8, 4) is 0 Å². The van der Waals surface area contributed by atoms with Gasteiger partial charge in [0.1, 0.15) is 21.4 Å². The third-order valence-corrected chi connectivity index (χ3v) is 11.0. The van der Waals surface area contributed by atoms with Crippen LogP contribution < -0.4 is 16.4 Å². The molecule has 1 aliphatic carbocycles. The number of ketones is 2. The Morgan fingerprint density at radius 2 is 1.22 bits per heavy atom. The van der Waals surface area contributed by atoms with Gasteiger partial charge >= 0.3 is 0 Å². The van der Waals surface area contributed by atoms with Crippen LogP contribution in [0.25, 0.3) is 0 Å². The predicted octanol–water partition coefficient (Wildman–Crippen LogP) is 4.34. The lowest BCUT2D eigenvalue weighted by Crippen LogP contribution is -2.25. The summed E-state index contributed by atoms with van der Waals surface area (Å²) in [6.45, 7) is 5.35. The Balaban J connectivity index is 1.44. The molecule has 0 unspecified atom stereocenters. The zero-order valence-corrected chi connectivity index (χ0v) is 30.8. The molecule has 54 heavy (non-hydrogen) atoms. The van der Waals surface area contributed by atoms with Crippen LogP contribution in [0.15, 0.2) is 87.5 Å². The number of nitrogens with two attached hydrogens (primary N) is 1. The van der Waals surface area contributed by atoms with E-state index < -0.39 is 73.3 Å². The fourth-order valence-corrected chi connectivity index (χ4v) is 7.80. The van der Waals surface area contributed by atoms with Crippen LogP contribution in [0.5, 0.6) is 0 Å². The molecule has 0 spiro atoms. The van der Waals surface area contributed by atoms with Crippen LogP contribution in [0, 0.1) is 0 Å². The smallest absolute Gasteiger partial charge is 0.296 e. The maximum atomic E-state index is 13.7. The van der Waals surface area contributed by atoms with Crippen LogP contribution in [0.4, 0.5) is 28.7 Å². The zero-order valence-electron chi connectivity index (χ0n) is 28.4. The van der Waals surface area contributed by atoms with Gasteiger partial charge in [0, 0.05) is 28.7 Å². The predicted molar refractivity (Wildman–Crippen MR) is 194 cm³/mol. The second-order valence-electron chi connectivity index (χ2n) is 13.1. The van der Waals surface area contributed by atoms with Crippen LogP contribution in [0.1, 0.15) is 69.8 Å². The molecule has 0 radical (unpaired) electrons. The van der Waals surface area contributed by atoms with Crippen LogP contribution in [0.3, 0.4) is 0 Å². The lowest BCUT2D eigenvalue weighted by atomic mass is 9.82. The third kappa shape index (κ3) is 7.42. The Kier molecular flexibility index (Phi) is 9.41. The topological polar surface area (TPSA) is 286 Å². The lowest BCUT2D eigenvalue weighted by Gasteiger charge is -2.24. The van der Waals surface area contributed by atoms with Gasteiger partial charge in [0.05, 0.1) is 33.1 Å². The van der Waals surface area contributed by atoms with Crippen LogP contribution >= 0.6 is 0 Å². The van der Waals surface area contributed by atoms with Crippen molar-refractivity contribution < 1.29 is 48.5 Å². The molecule has 0 aliphatic heterocycles. The number of hydrogen-bond acceptors (Lipinski definition) is 14. The highest BCUT2D eigenvalue weighted by molar-refractivity contribution is 7.86. The van der Waals surface area contributed by atoms with E-state index in [1.807, 2.05) is 0 Å². The van der Waals surface area contributed by atoms with Gasteiger partial charge in [-0.1, -0.05) is 63.2 Å². The van der Waals surface area contributed by atoms with Crippen molar-refractivity contribution in [2.45, 2.75) is 47.3 Å². The molecule has 0 saturated heterocycles. The van der Waals surface area contributed by atoms with E-state index in [0.29, 0.717) is 0 Å². The molecule has 17 nitrogen and oxygen atoms in total. The number of fused-ring (bicyclic) bond motifs is 2. The molecule has 0 bridgehead atoms. The van der Waals surface area contributed by atoms with Gasteiger partial charge in [-0.3, -0.25) is 23.2 Å². The number of nitrogens with zero attached hydrogens (tertiary/aromatic N) is 3. The normalized spacial score (nSPS) is 13.3. The van der Waals surface area contributed by atoms with E-state index in [9.17, 15) is 48.5 Å². The third-order valence-electron chi connectivity index (χ3n) is 8.21. The number of para-hydroxylation sites is 1. The van der Waals surface area contributed by atoms with E-state index in [1.165, 1.54) is 54.6 Å². The first-order valence-electron chi connectivity index (χ1n) is 15.6. The molecule has 1 heterocycles. The van der Waals surface area contributed by atoms with Crippen molar-refractivity contribution in [2.24, 2.45) is 0 Å². The molecule has 20 heteroatoms. The van der Waals surface area contributed by atoms with E-state index >= 15 is 0 Å². The lowest BCUT2D eigenvalue weighted by molar-refractivity contribution is 0.0980. The van der Waals surface area contributed by atoms with E-state index in [1.54, 1.807) is 20.8 Å². The number of nitrogens with one attached hydrogen (secondary N) is 2. The molecule has 0 amide bonds. The highest BCUT2D eigenvalue weighted by atomic mass is 32.2. The van der Waals surface area contributed by atoms with Crippen LogP contribution in [0.2, 0.25) is 0 Å². The molecule has 5 aromatic rings. The molecule has 0 fully saturated rings.